The van der Waals surface area contributed by atoms with Gasteiger partial charge in [-0.2, -0.15) is 0 Å². The van der Waals surface area contributed by atoms with Gasteiger partial charge in [-0.25, -0.2) is 4.79 Å². The molecule has 0 aliphatic rings. The predicted molar refractivity (Wildman–Crippen MR) is 61.0 cm³/mol. The van der Waals surface area contributed by atoms with Crippen molar-refractivity contribution in [3.63, 3.8) is 0 Å². The lowest BCUT2D eigenvalue weighted by molar-refractivity contribution is -0.150. The first kappa shape index (κ1) is 13.7. The second-order valence-electron chi connectivity index (χ2n) is 3.10. The van der Waals surface area contributed by atoms with Gasteiger partial charge in [-0.05, 0) is 35.0 Å². The number of carbonyl (C=O) groups is 2. The van der Waals surface area contributed by atoms with Crippen LogP contribution in [0.5, 0.6) is 0 Å². The van der Waals surface area contributed by atoms with E-state index in [0.717, 1.165) is 0 Å². The summed E-state index contributed by atoms with van der Waals surface area (Å²) in [6, 6.07) is 1.88. The van der Waals surface area contributed by atoms with Crippen molar-refractivity contribution in [2.45, 2.75) is 19.1 Å². The highest BCUT2D eigenvalue weighted by Gasteiger charge is 2.31. The molecule has 17 heavy (non-hydrogen) atoms. The van der Waals surface area contributed by atoms with Crippen LogP contribution in [-0.2, 0) is 14.3 Å². The molecule has 0 aliphatic heterocycles. The van der Waals surface area contributed by atoms with E-state index in [0.29, 0.717) is 11.1 Å². The third-order valence-electron chi connectivity index (χ3n) is 1.99. The second kappa shape index (κ2) is 6.41. The third kappa shape index (κ3) is 3.57. The minimum atomic E-state index is -1.30. The average molecular weight is 306 g/mol. The van der Waals surface area contributed by atoms with Gasteiger partial charge in [-0.1, -0.05) is 0 Å². The summed E-state index contributed by atoms with van der Waals surface area (Å²) < 4.78 is 10.3. The van der Waals surface area contributed by atoms with Crippen LogP contribution in [0, 0.1) is 0 Å². The number of aliphatic hydroxyl groups excluding tert-OH is 1. The fourth-order valence-electron chi connectivity index (χ4n) is 1.24. The van der Waals surface area contributed by atoms with Crippen molar-refractivity contribution in [2.24, 2.45) is 0 Å². The molecule has 0 bridgehead atoms. The Morgan fingerprint density at radius 1 is 1.71 bits per heavy atom. The molecule has 0 spiro atoms. The zero-order chi connectivity index (χ0) is 12.8. The Morgan fingerprint density at radius 3 is 2.88 bits per heavy atom. The summed E-state index contributed by atoms with van der Waals surface area (Å²) in [5.74, 6) is -0.566. The Hall–Kier alpha value is -1.34. The smallest absolute Gasteiger partial charge is 0.331 e. The van der Waals surface area contributed by atoms with Crippen LogP contribution in [0.15, 0.2) is 21.2 Å². The number of nitrogens with one attached hydrogen (secondary N) is 1. The lowest BCUT2D eigenvalue weighted by Crippen LogP contribution is -2.42. The first-order chi connectivity index (χ1) is 8.10. The highest BCUT2D eigenvalue weighted by Crippen LogP contribution is 2.23. The number of esters is 1. The first-order valence-corrected chi connectivity index (χ1v) is 5.69. The molecular weight excluding hydrogens is 294 g/mol. The predicted octanol–water partition coefficient (Wildman–Crippen LogP) is 0.753. The SMILES string of the molecule is CCOC(=O)C(NC=O)C(O)c1ccc(Br)o1. The van der Waals surface area contributed by atoms with Gasteiger partial charge in [0.15, 0.2) is 10.7 Å². The van der Waals surface area contributed by atoms with Crippen LogP contribution in [-0.4, -0.2) is 30.1 Å². The van der Waals surface area contributed by atoms with Crippen molar-refractivity contribution < 1.29 is 23.8 Å². The summed E-state index contributed by atoms with van der Waals surface area (Å²) in [5.41, 5.74) is 0. The van der Waals surface area contributed by atoms with Gasteiger partial charge in [0.05, 0.1) is 6.61 Å². The lowest BCUT2D eigenvalue weighted by atomic mass is 10.1. The molecule has 7 heteroatoms. The maximum absolute atomic E-state index is 11.5. The fourth-order valence-corrected chi connectivity index (χ4v) is 1.56. The number of rotatable bonds is 6. The van der Waals surface area contributed by atoms with Crippen LogP contribution in [0.3, 0.4) is 0 Å². The molecule has 1 aromatic rings. The molecule has 1 amide bonds. The maximum Gasteiger partial charge on any atom is 0.331 e. The first-order valence-electron chi connectivity index (χ1n) is 4.89. The van der Waals surface area contributed by atoms with Crippen LogP contribution in [0.25, 0.3) is 0 Å². The van der Waals surface area contributed by atoms with Crippen LogP contribution < -0.4 is 5.32 Å². The van der Waals surface area contributed by atoms with E-state index in [1.54, 1.807) is 13.0 Å². The topological polar surface area (TPSA) is 88.8 Å². The van der Waals surface area contributed by atoms with Crippen LogP contribution in [0.2, 0.25) is 0 Å². The number of hydrogen-bond donors (Lipinski definition) is 2. The molecule has 6 nitrogen and oxygen atoms in total. The molecule has 0 fully saturated rings. The van der Waals surface area contributed by atoms with Crippen LogP contribution >= 0.6 is 15.9 Å². The molecule has 0 radical (unpaired) electrons. The molecule has 94 valence electrons. The van der Waals surface area contributed by atoms with E-state index in [1.165, 1.54) is 6.07 Å². The Morgan fingerprint density at radius 2 is 2.41 bits per heavy atom. The quantitative estimate of drug-likeness (QED) is 0.598. The van der Waals surface area contributed by atoms with E-state index < -0.39 is 18.1 Å². The number of hydrogen-bond acceptors (Lipinski definition) is 5. The maximum atomic E-state index is 11.5. The third-order valence-corrected chi connectivity index (χ3v) is 2.42. The summed E-state index contributed by atoms with van der Waals surface area (Å²) in [6.07, 6.45) is -0.978. The lowest BCUT2D eigenvalue weighted by Gasteiger charge is -2.18. The zero-order valence-corrected chi connectivity index (χ0v) is 10.6. The summed E-state index contributed by atoms with van der Waals surface area (Å²) in [6.45, 7) is 1.79. The second-order valence-corrected chi connectivity index (χ2v) is 3.88. The van der Waals surface area contributed by atoms with E-state index in [-0.39, 0.29) is 12.4 Å². The normalized spacial score (nSPS) is 13.8. The highest BCUT2D eigenvalue weighted by molar-refractivity contribution is 9.10. The number of amides is 1. The van der Waals surface area contributed by atoms with Gasteiger partial charge in [0, 0.05) is 0 Å². The van der Waals surface area contributed by atoms with Crippen LogP contribution in [0.4, 0.5) is 0 Å². The molecule has 2 atom stereocenters. The molecular formula is C10H12BrNO5. The minimum absolute atomic E-state index is 0.157. The number of carbonyl (C=O) groups excluding carboxylic acids is 2. The van der Waals surface area contributed by atoms with Gasteiger partial charge in [0.25, 0.3) is 0 Å². The van der Waals surface area contributed by atoms with E-state index >= 15 is 0 Å². The summed E-state index contributed by atoms with van der Waals surface area (Å²) in [7, 11) is 0. The molecule has 0 saturated heterocycles. The molecule has 1 aromatic heterocycles. The molecule has 0 aromatic carbocycles. The summed E-state index contributed by atoms with van der Waals surface area (Å²) in [4.78, 5) is 21.9. The summed E-state index contributed by atoms with van der Waals surface area (Å²) in [5, 5.41) is 12.1. The van der Waals surface area contributed by atoms with Crippen molar-refractivity contribution >= 4 is 28.3 Å². The molecule has 0 saturated carbocycles. The van der Waals surface area contributed by atoms with Gasteiger partial charge < -0.3 is 19.6 Å². The van der Waals surface area contributed by atoms with Gasteiger partial charge in [0.2, 0.25) is 6.41 Å². The number of aliphatic hydroxyl groups is 1. The molecule has 0 aliphatic carbocycles. The Labute approximate surface area is 106 Å². The molecule has 2 unspecified atom stereocenters. The highest BCUT2D eigenvalue weighted by atomic mass is 79.9. The minimum Gasteiger partial charge on any atom is -0.464 e. The van der Waals surface area contributed by atoms with Crippen molar-refractivity contribution in [1.29, 1.82) is 0 Å². The van der Waals surface area contributed by atoms with Gasteiger partial charge >= 0.3 is 5.97 Å². The van der Waals surface area contributed by atoms with Gasteiger partial charge in [-0.3, -0.25) is 4.79 Å². The average Bonchev–Trinajstić information content (AvgIpc) is 2.72. The van der Waals surface area contributed by atoms with Crippen molar-refractivity contribution in [2.75, 3.05) is 6.61 Å². The van der Waals surface area contributed by atoms with Crippen molar-refractivity contribution in [1.82, 2.24) is 5.32 Å². The number of furan rings is 1. The largest absolute Gasteiger partial charge is 0.464 e. The van der Waals surface area contributed by atoms with Crippen molar-refractivity contribution in [3.8, 4) is 0 Å². The number of halogens is 1. The van der Waals surface area contributed by atoms with E-state index in [2.05, 4.69) is 21.2 Å². The molecule has 1 heterocycles. The van der Waals surface area contributed by atoms with E-state index in [4.69, 9.17) is 9.15 Å². The fraction of sp³-hybridized carbons (Fsp3) is 0.400. The number of ether oxygens (including phenoxy) is 1. The molecule has 1 rings (SSSR count). The van der Waals surface area contributed by atoms with Gasteiger partial charge in [-0.15, -0.1) is 0 Å². The zero-order valence-electron chi connectivity index (χ0n) is 9.05. The Kier molecular flexibility index (Phi) is 5.17. The van der Waals surface area contributed by atoms with E-state index in [9.17, 15) is 14.7 Å². The Balaban J connectivity index is 2.82. The monoisotopic (exact) mass is 305 g/mol. The van der Waals surface area contributed by atoms with E-state index in [1.807, 2.05) is 0 Å². The van der Waals surface area contributed by atoms with Crippen molar-refractivity contribution in [3.05, 3.63) is 22.6 Å². The van der Waals surface area contributed by atoms with Gasteiger partial charge in [0.1, 0.15) is 11.9 Å². The summed E-state index contributed by atoms with van der Waals surface area (Å²) >= 11 is 3.07. The standard InChI is InChI=1S/C10H12BrNO5/c1-2-16-10(15)8(12-5-13)9(14)6-3-4-7(11)17-6/h3-5,8-9,14H,2H2,1H3,(H,12,13). The Bertz CT molecular complexity index is 392. The molecule has 2 N–H and O–H groups in total. The van der Waals surface area contributed by atoms with Crippen LogP contribution in [0.1, 0.15) is 18.8 Å².